The average Bonchev–Trinajstić information content (AvgIpc) is 2.25. The van der Waals surface area contributed by atoms with E-state index < -0.39 is 20.5 Å². The molecular formula is C14H21F3O3Si. The van der Waals surface area contributed by atoms with Gasteiger partial charge in [-0.05, 0) is 45.4 Å². The van der Waals surface area contributed by atoms with Crippen LogP contribution in [0, 0.1) is 0 Å². The lowest BCUT2D eigenvalue weighted by Crippen LogP contribution is -2.48. The topological polar surface area (TPSA) is 38.7 Å². The summed E-state index contributed by atoms with van der Waals surface area (Å²) in [7, 11) is -3.46. The van der Waals surface area contributed by atoms with Crippen molar-refractivity contribution in [3.63, 3.8) is 0 Å². The second-order valence-corrected chi connectivity index (χ2v) is 7.67. The maximum atomic E-state index is 12.5. The van der Waals surface area contributed by atoms with Crippen LogP contribution in [0.5, 0.6) is 0 Å². The maximum Gasteiger partial charge on any atom is 0.503 e. The molecule has 7 heteroatoms. The molecule has 1 rings (SSSR count). The quantitative estimate of drug-likeness (QED) is 0.814. The van der Waals surface area contributed by atoms with Crippen LogP contribution in [0.15, 0.2) is 24.3 Å². The summed E-state index contributed by atoms with van der Waals surface area (Å²) < 4.78 is 48.5. The monoisotopic (exact) mass is 322 g/mol. The highest BCUT2D eigenvalue weighted by atomic mass is 28.4. The van der Waals surface area contributed by atoms with Crippen LogP contribution >= 0.6 is 0 Å². The van der Waals surface area contributed by atoms with Crippen molar-refractivity contribution in [2.24, 2.45) is 0 Å². The maximum absolute atomic E-state index is 12.5. The van der Waals surface area contributed by atoms with Gasteiger partial charge in [-0.15, -0.1) is 0 Å². The molecule has 1 aromatic carbocycles. The molecule has 0 spiro atoms. The first-order valence-electron chi connectivity index (χ1n) is 6.76. The minimum absolute atomic E-state index is 0.0848. The molecule has 3 nitrogen and oxygen atoms in total. The standard InChI is InChI=1S/C14H21F3O3Si/c1-10(2)19-21(18,20-11(3)4)9-12-5-7-13(8-6-12)14(15,16)17/h5-8,10-11,18H,9H2,1-4H3. The van der Waals surface area contributed by atoms with Crippen molar-refractivity contribution >= 4 is 8.80 Å². The van der Waals surface area contributed by atoms with Crippen LogP contribution in [-0.2, 0) is 21.1 Å². The Balaban J connectivity index is 2.88. The molecule has 0 aromatic heterocycles. The molecule has 120 valence electrons. The van der Waals surface area contributed by atoms with E-state index in [1.54, 1.807) is 27.7 Å². The summed E-state index contributed by atoms with van der Waals surface area (Å²) in [6, 6.07) is 4.76. The van der Waals surface area contributed by atoms with Crippen molar-refractivity contribution in [3.05, 3.63) is 35.4 Å². The third-order valence-electron chi connectivity index (χ3n) is 2.55. The predicted octanol–water partition coefficient (Wildman–Crippen LogP) is 3.57. The Bertz CT molecular complexity index is 434. The molecule has 0 saturated carbocycles. The summed E-state index contributed by atoms with van der Waals surface area (Å²) in [6.07, 6.45) is -4.82. The lowest BCUT2D eigenvalue weighted by Gasteiger charge is -2.28. The van der Waals surface area contributed by atoms with Gasteiger partial charge in [0.15, 0.2) is 0 Å². The Hall–Kier alpha value is -0.893. The first-order chi connectivity index (χ1) is 9.52. The summed E-state index contributed by atoms with van der Waals surface area (Å²) in [4.78, 5) is 10.5. The van der Waals surface area contributed by atoms with Gasteiger partial charge in [-0.2, -0.15) is 13.2 Å². The molecule has 0 heterocycles. The summed E-state index contributed by atoms with van der Waals surface area (Å²) in [5.74, 6) is 0. The third kappa shape index (κ3) is 6.17. The lowest BCUT2D eigenvalue weighted by atomic mass is 10.1. The van der Waals surface area contributed by atoms with Crippen LogP contribution in [0.2, 0.25) is 0 Å². The predicted molar refractivity (Wildman–Crippen MR) is 75.6 cm³/mol. The van der Waals surface area contributed by atoms with Gasteiger partial charge < -0.3 is 13.6 Å². The first-order valence-corrected chi connectivity index (χ1v) is 8.73. The Morgan fingerprint density at radius 3 is 1.76 bits per heavy atom. The van der Waals surface area contributed by atoms with Gasteiger partial charge in [0.2, 0.25) is 0 Å². The van der Waals surface area contributed by atoms with E-state index in [0.717, 1.165) is 12.1 Å². The van der Waals surface area contributed by atoms with E-state index in [1.165, 1.54) is 12.1 Å². The lowest BCUT2D eigenvalue weighted by molar-refractivity contribution is -0.137. The number of rotatable bonds is 6. The molecule has 0 unspecified atom stereocenters. The average molecular weight is 322 g/mol. The Morgan fingerprint density at radius 1 is 1.00 bits per heavy atom. The fourth-order valence-electron chi connectivity index (χ4n) is 1.92. The van der Waals surface area contributed by atoms with Gasteiger partial charge >= 0.3 is 15.0 Å². The van der Waals surface area contributed by atoms with Crippen molar-refractivity contribution in [1.29, 1.82) is 0 Å². The molecule has 0 aliphatic heterocycles. The van der Waals surface area contributed by atoms with E-state index in [2.05, 4.69) is 0 Å². The van der Waals surface area contributed by atoms with Gasteiger partial charge in [0.1, 0.15) is 0 Å². The van der Waals surface area contributed by atoms with Crippen molar-refractivity contribution in [2.75, 3.05) is 0 Å². The van der Waals surface area contributed by atoms with Gasteiger partial charge in [0.05, 0.1) is 5.56 Å². The number of hydrogen-bond donors (Lipinski definition) is 1. The van der Waals surface area contributed by atoms with E-state index in [-0.39, 0.29) is 18.3 Å². The molecule has 21 heavy (non-hydrogen) atoms. The van der Waals surface area contributed by atoms with Crippen LogP contribution in [0.1, 0.15) is 38.8 Å². The third-order valence-corrected chi connectivity index (χ3v) is 5.08. The number of benzene rings is 1. The highest BCUT2D eigenvalue weighted by Crippen LogP contribution is 2.29. The van der Waals surface area contributed by atoms with Crippen LogP contribution in [0.3, 0.4) is 0 Å². The zero-order valence-corrected chi connectivity index (χ0v) is 13.6. The van der Waals surface area contributed by atoms with Gasteiger partial charge in [0, 0.05) is 18.3 Å². The second-order valence-electron chi connectivity index (χ2n) is 5.42. The molecule has 0 amide bonds. The highest BCUT2D eigenvalue weighted by Gasteiger charge is 2.39. The van der Waals surface area contributed by atoms with Gasteiger partial charge in [-0.25, -0.2) is 0 Å². The van der Waals surface area contributed by atoms with Crippen LogP contribution in [-0.4, -0.2) is 25.8 Å². The normalized spacial score (nSPS) is 13.2. The Kier molecular flexibility index (Phi) is 5.98. The van der Waals surface area contributed by atoms with Gasteiger partial charge in [-0.3, -0.25) is 0 Å². The largest absolute Gasteiger partial charge is 0.503 e. The van der Waals surface area contributed by atoms with E-state index in [4.69, 9.17) is 8.85 Å². The molecular weight excluding hydrogens is 301 g/mol. The first kappa shape index (κ1) is 18.2. The minimum atomic E-state index is -4.37. The number of hydrogen-bond acceptors (Lipinski definition) is 3. The van der Waals surface area contributed by atoms with E-state index in [1.807, 2.05) is 0 Å². The Morgan fingerprint density at radius 2 is 1.43 bits per heavy atom. The van der Waals surface area contributed by atoms with E-state index >= 15 is 0 Å². The van der Waals surface area contributed by atoms with E-state index in [0.29, 0.717) is 5.56 Å². The molecule has 0 atom stereocenters. The molecule has 0 fully saturated rings. The Labute approximate surface area is 124 Å². The van der Waals surface area contributed by atoms with Crippen LogP contribution in [0.25, 0.3) is 0 Å². The fourth-order valence-corrected chi connectivity index (χ4v) is 4.36. The summed E-state index contributed by atoms with van der Waals surface area (Å²) in [5.41, 5.74) is -0.163. The van der Waals surface area contributed by atoms with Gasteiger partial charge in [-0.1, -0.05) is 12.1 Å². The van der Waals surface area contributed by atoms with Gasteiger partial charge in [0.25, 0.3) is 0 Å². The molecule has 0 saturated heterocycles. The molecule has 0 radical (unpaired) electrons. The minimum Gasteiger partial charge on any atom is -0.389 e. The molecule has 1 N–H and O–H groups in total. The zero-order valence-electron chi connectivity index (χ0n) is 12.6. The highest BCUT2D eigenvalue weighted by molar-refractivity contribution is 6.58. The second kappa shape index (κ2) is 6.91. The smallest absolute Gasteiger partial charge is 0.389 e. The van der Waals surface area contributed by atoms with E-state index in [9.17, 15) is 18.0 Å². The van der Waals surface area contributed by atoms with Crippen molar-refractivity contribution in [3.8, 4) is 0 Å². The summed E-state index contributed by atoms with van der Waals surface area (Å²) in [6.45, 7) is 7.09. The number of halogens is 3. The molecule has 0 aliphatic carbocycles. The number of alkyl halides is 3. The summed E-state index contributed by atoms with van der Waals surface area (Å²) in [5, 5.41) is 0. The van der Waals surface area contributed by atoms with Crippen molar-refractivity contribution in [2.45, 2.75) is 52.1 Å². The van der Waals surface area contributed by atoms with Crippen molar-refractivity contribution in [1.82, 2.24) is 0 Å². The van der Waals surface area contributed by atoms with Crippen LogP contribution in [0.4, 0.5) is 13.2 Å². The molecule has 1 aromatic rings. The molecule has 0 aliphatic rings. The van der Waals surface area contributed by atoms with Crippen molar-refractivity contribution < 1.29 is 26.8 Å². The SMILES string of the molecule is CC(C)O[Si](O)(Cc1ccc(C(F)(F)F)cc1)OC(C)C. The summed E-state index contributed by atoms with van der Waals surface area (Å²) >= 11 is 0. The fraction of sp³-hybridized carbons (Fsp3) is 0.571. The zero-order chi connectivity index (χ0) is 16.3. The van der Waals surface area contributed by atoms with Crippen LogP contribution < -0.4 is 0 Å². The molecule has 0 bridgehead atoms.